The van der Waals surface area contributed by atoms with Gasteiger partial charge in [0.25, 0.3) is 0 Å². The molecule has 0 aliphatic carbocycles. The number of rotatable bonds is 2. The minimum atomic E-state index is -4.64. The quantitative estimate of drug-likeness (QED) is 0.616. The van der Waals surface area contributed by atoms with Gasteiger partial charge in [-0.15, -0.1) is 11.3 Å². The maximum Gasteiger partial charge on any atom is 0.422 e. The van der Waals surface area contributed by atoms with E-state index >= 15 is 0 Å². The van der Waals surface area contributed by atoms with Gasteiger partial charge in [0.15, 0.2) is 6.61 Å². The zero-order valence-corrected chi connectivity index (χ0v) is 12.7. The minimum absolute atomic E-state index is 0.190. The van der Waals surface area contributed by atoms with Gasteiger partial charge in [0, 0.05) is 11.4 Å². The number of carbonyl (C=O) groups excluding carboxylic acids is 2. The predicted molar refractivity (Wildman–Crippen MR) is 74.2 cm³/mol. The highest BCUT2D eigenvalue weighted by Crippen LogP contribution is 2.35. The molecule has 2 heterocycles. The first-order valence-electron chi connectivity index (χ1n) is 6.86. The summed E-state index contributed by atoms with van der Waals surface area (Å²) in [4.78, 5) is 26.0. The van der Waals surface area contributed by atoms with Crippen molar-refractivity contribution in [2.75, 3.05) is 13.2 Å². The molecule has 1 saturated heterocycles. The van der Waals surface area contributed by atoms with Crippen LogP contribution in [0, 0.1) is 5.92 Å². The van der Waals surface area contributed by atoms with E-state index in [1.165, 1.54) is 16.2 Å². The topological polar surface area (TPSA) is 46.6 Å². The molecule has 8 heteroatoms. The van der Waals surface area contributed by atoms with Crippen LogP contribution in [0.25, 0.3) is 0 Å². The van der Waals surface area contributed by atoms with E-state index in [9.17, 15) is 22.8 Å². The fourth-order valence-corrected chi connectivity index (χ4v) is 3.35. The van der Waals surface area contributed by atoms with E-state index in [0.29, 0.717) is 13.0 Å². The smallest absolute Gasteiger partial charge is 0.422 e. The molecule has 1 aromatic rings. The average molecular weight is 335 g/mol. The highest BCUT2D eigenvalue weighted by Gasteiger charge is 2.37. The van der Waals surface area contributed by atoms with Crippen LogP contribution in [0.15, 0.2) is 17.5 Å². The van der Waals surface area contributed by atoms with Gasteiger partial charge in [0.1, 0.15) is 0 Å². The zero-order valence-electron chi connectivity index (χ0n) is 11.9. The Bertz CT molecular complexity index is 530. The van der Waals surface area contributed by atoms with Gasteiger partial charge in [-0.05, 0) is 30.2 Å². The Hall–Kier alpha value is -1.57. The molecule has 22 heavy (non-hydrogen) atoms. The summed E-state index contributed by atoms with van der Waals surface area (Å²) < 4.78 is 40.3. The Balaban J connectivity index is 2.08. The lowest BCUT2D eigenvalue weighted by Crippen LogP contribution is -2.45. The van der Waals surface area contributed by atoms with E-state index < -0.39 is 24.7 Å². The van der Waals surface area contributed by atoms with E-state index in [4.69, 9.17) is 0 Å². The van der Waals surface area contributed by atoms with Crippen molar-refractivity contribution in [1.82, 2.24) is 4.90 Å². The van der Waals surface area contributed by atoms with Gasteiger partial charge in [-0.2, -0.15) is 13.2 Å². The second-order valence-electron chi connectivity index (χ2n) is 5.36. The normalized spacial score (nSPS) is 22.5. The number of thiophene rings is 1. The number of alkyl halides is 3. The number of hydrogen-bond acceptors (Lipinski definition) is 4. The van der Waals surface area contributed by atoms with Crippen LogP contribution in [0.4, 0.5) is 13.2 Å². The van der Waals surface area contributed by atoms with Crippen LogP contribution in [0.2, 0.25) is 0 Å². The van der Waals surface area contributed by atoms with Crippen LogP contribution in [0.3, 0.4) is 0 Å². The number of likely N-dealkylation sites (tertiary alicyclic amines) is 1. The number of ether oxygens (including phenoxy) is 1. The van der Waals surface area contributed by atoms with Crippen molar-refractivity contribution in [1.29, 1.82) is 0 Å². The molecule has 2 atom stereocenters. The Morgan fingerprint density at radius 1 is 1.41 bits per heavy atom. The van der Waals surface area contributed by atoms with Crippen LogP contribution >= 0.6 is 11.3 Å². The van der Waals surface area contributed by atoms with E-state index in [1.807, 2.05) is 24.4 Å². The Labute approximate surface area is 129 Å². The summed E-state index contributed by atoms with van der Waals surface area (Å²) in [5.41, 5.74) is 0. The van der Waals surface area contributed by atoms with Crippen molar-refractivity contribution >= 4 is 23.2 Å². The third kappa shape index (κ3) is 4.22. The van der Waals surface area contributed by atoms with Crippen molar-refractivity contribution in [3.8, 4) is 0 Å². The van der Waals surface area contributed by atoms with Crippen LogP contribution < -0.4 is 0 Å². The molecule has 2 rings (SSSR count). The fraction of sp³-hybridized carbons (Fsp3) is 0.571. The van der Waals surface area contributed by atoms with E-state index in [1.54, 1.807) is 0 Å². The number of carbonyl (C=O) groups is 2. The summed E-state index contributed by atoms with van der Waals surface area (Å²) in [6.45, 7) is 0.527. The van der Waals surface area contributed by atoms with Gasteiger partial charge in [-0.25, -0.2) is 4.79 Å². The number of halogens is 3. The number of esters is 1. The molecule has 1 aliphatic heterocycles. The highest BCUT2D eigenvalue weighted by molar-refractivity contribution is 7.10. The van der Waals surface area contributed by atoms with Gasteiger partial charge in [-0.3, -0.25) is 4.79 Å². The molecule has 0 radical (unpaired) electrons. The number of hydrogen-bond donors (Lipinski definition) is 0. The first-order chi connectivity index (χ1) is 10.3. The van der Waals surface area contributed by atoms with Crippen LogP contribution in [-0.4, -0.2) is 36.1 Å². The molecule has 1 aromatic heterocycles. The van der Waals surface area contributed by atoms with Gasteiger partial charge in [0.05, 0.1) is 6.04 Å². The van der Waals surface area contributed by atoms with Gasteiger partial charge in [-0.1, -0.05) is 13.0 Å². The summed E-state index contributed by atoms with van der Waals surface area (Å²) in [6, 6.07) is 3.41. The lowest BCUT2D eigenvalue weighted by Gasteiger charge is -2.37. The molecule has 4 nitrogen and oxygen atoms in total. The molecule has 122 valence electrons. The standard InChI is InChI=1S/C14H16F3NO3S/c1-9-4-5-10(11-3-2-6-22-11)18(7-9)12(19)13(20)21-8-14(15,16)17/h2-3,6,9-10H,4-5,7-8H2,1H3. The second-order valence-corrected chi connectivity index (χ2v) is 6.34. The first kappa shape index (κ1) is 16.8. The summed E-state index contributed by atoms with van der Waals surface area (Å²) >= 11 is 1.46. The summed E-state index contributed by atoms with van der Waals surface area (Å²) in [6.07, 6.45) is -3.07. The molecular formula is C14H16F3NO3S. The molecule has 1 fully saturated rings. The number of nitrogens with zero attached hydrogens (tertiary/aromatic N) is 1. The lowest BCUT2D eigenvalue weighted by molar-refractivity contribution is -0.190. The van der Waals surface area contributed by atoms with Crippen molar-refractivity contribution in [2.45, 2.75) is 32.0 Å². The van der Waals surface area contributed by atoms with E-state index in [0.717, 1.165) is 11.3 Å². The average Bonchev–Trinajstić information content (AvgIpc) is 2.97. The zero-order chi connectivity index (χ0) is 16.3. The van der Waals surface area contributed by atoms with Crippen LogP contribution in [0.1, 0.15) is 30.7 Å². The molecule has 0 bridgehead atoms. The minimum Gasteiger partial charge on any atom is -0.449 e. The fourth-order valence-electron chi connectivity index (χ4n) is 2.48. The van der Waals surface area contributed by atoms with Crippen LogP contribution in [-0.2, 0) is 14.3 Å². The molecule has 1 amide bonds. The second kappa shape index (κ2) is 6.68. The maximum atomic E-state index is 12.2. The number of amides is 1. The molecule has 0 spiro atoms. The maximum absolute atomic E-state index is 12.2. The molecule has 2 unspecified atom stereocenters. The molecule has 1 aliphatic rings. The lowest BCUT2D eigenvalue weighted by atomic mass is 9.93. The molecule has 0 saturated carbocycles. The summed E-state index contributed by atoms with van der Waals surface area (Å²) in [5, 5.41) is 1.86. The summed E-state index contributed by atoms with van der Waals surface area (Å²) in [7, 11) is 0. The predicted octanol–water partition coefficient (Wildman–Crippen LogP) is 3.15. The highest BCUT2D eigenvalue weighted by atomic mass is 32.1. The Morgan fingerprint density at radius 3 is 2.73 bits per heavy atom. The monoisotopic (exact) mass is 335 g/mol. The largest absolute Gasteiger partial charge is 0.449 e. The molecular weight excluding hydrogens is 319 g/mol. The van der Waals surface area contributed by atoms with Crippen molar-refractivity contribution in [3.05, 3.63) is 22.4 Å². The van der Waals surface area contributed by atoms with Gasteiger partial charge < -0.3 is 9.64 Å². The molecule has 0 aromatic carbocycles. The number of piperidine rings is 1. The van der Waals surface area contributed by atoms with Crippen LogP contribution in [0.5, 0.6) is 0 Å². The Kier molecular flexibility index (Phi) is 5.10. The van der Waals surface area contributed by atoms with Crippen molar-refractivity contribution in [2.24, 2.45) is 5.92 Å². The van der Waals surface area contributed by atoms with Gasteiger partial charge >= 0.3 is 18.1 Å². The van der Waals surface area contributed by atoms with E-state index in [-0.39, 0.29) is 12.0 Å². The van der Waals surface area contributed by atoms with Gasteiger partial charge in [0.2, 0.25) is 0 Å². The SMILES string of the molecule is CC1CCC(c2cccs2)N(C(=O)C(=O)OCC(F)(F)F)C1. The Morgan fingerprint density at radius 2 is 2.14 bits per heavy atom. The van der Waals surface area contributed by atoms with Crippen molar-refractivity contribution < 1.29 is 27.5 Å². The molecule has 0 N–H and O–H groups in total. The van der Waals surface area contributed by atoms with E-state index in [2.05, 4.69) is 4.74 Å². The first-order valence-corrected chi connectivity index (χ1v) is 7.74. The summed E-state index contributed by atoms with van der Waals surface area (Å²) in [5.74, 6) is -2.27. The van der Waals surface area contributed by atoms with Crippen molar-refractivity contribution in [3.63, 3.8) is 0 Å². The third-order valence-corrected chi connectivity index (χ3v) is 4.47. The third-order valence-electron chi connectivity index (χ3n) is 3.49.